The molecule has 0 fully saturated rings. The van der Waals surface area contributed by atoms with Crippen molar-refractivity contribution >= 4 is 22.9 Å². The molecule has 1 aromatic heterocycles. The summed E-state index contributed by atoms with van der Waals surface area (Å²) >= 11 is 1.25. The van der Waals surface area contributed by atoms with Crippen LogP contribution < -0.4 is 4.74 Å². The second-order valence-electron chi connectivity index (χ2n) is 10.6. The van der Waals surface area contributed by atoms with Crippen LogP contribution in [0.4, 0.5) is 26.3 Å². The van der Waals surface area contributed by atoms with E-state index in [2.05, 4.69) is 4.98 Å². The highest BCUT2D eigenvalue weighted by molar-refractivity contribution is 7.11. The second-order valence-corrected chi connectivity index (χ2v) is 11.7. The Labute approximate surface area is 254 Å². The topological polar surface area (TPSA) is 83.3 Å². The molecule has 0 saturated carbocycles. The summed E-state index contributed by atoms with van der Waals surface area (Å²) in [5.41, 5.74) is 2.30. The van der Waals surface area contributed by atoms with Gasteiger partial charge < -0.3 is 4.74 Å². The Bertz CT molecular complexity index is 1480. The first-order valence-electron chi connectivity index (χ1n) is 13.9. The Morgan fingerprint density at radius 1 is 1.00 bits per heavy atom. The monoisotopic (exact) mass is 637 g/mol. The van der Waals surface area contributed by atoms with Crippen LogP contribution in [0.5, 0.6) is 5.75 Å². The maximum absolute atomic E-state index is 13.0. The van der Waals surface area contributed by atoms with Gasteiger partial charge in [0.05, 0.1) is 36.6 Å². The lowest BCUT2D eigenvalue weighted by atomic mass is 9.95. The van der Waals surface area contributed by atoms with E-state index in [0.29, 0.717) is 34.7 Å². The first-order valence-corrected chi connectivity index (χ1v) is 14.7. The van der Waals surface area contributed by atoms with Crippen LogP contribution in [-0.4, -0.2) is 59.5 Å². The van der Waals surface area contributed by atoms with E-state index in [4.69, 9.17) is 10.00 Å². The Morgan fingerprint density at radius 3 is 2.32 bits per heavy atom. The number of hydrogen-bond acceptors (Lipinski definition) is 7. The van der Waals surface area contributed by atoms with Crippen molar-refractivity contribution in [3.63, 3.8) is 0 Å². The molecule has 0 amide bonds. The van der Waals surface area contributed by atoms with Crippen LogP contribution in [0.1, 0.15) is 56.3 Å². The number of hydrogen-bond donors (Lipinski definition) is 0. The summed E-state index contributed by atoms with van der Waals surface area (Å²) in [5, 5.41) is 9.40. The van der Waals surface area contributed by atoms with E-state index in [0.717, 1.165) is 16.1 Å². The standard InChI is InChI=1S/C31H29F6N3O3S/c32-30(33,34)10-12-40(13-11-31(35,36)37)23-8-9-26-28(16-23)44-29(39-26)17-27(42)22-2-1-3-25(15-22)43-19-24(41)14-20-4-6-21(18-38)7-5-20/h1-7,15,23H,8-14,16-17,19H2/t23-/m0/s1. The maximum atomic E-state index is 13.0. The number of benzene rings is 2. The summed E-state index contributed by atoms with van der Waals surface area (Å²) in [6, 6.07) is 14.6. The van der Waals surface area contributed by atoms with Crippen LogP contribution in [0.25, 0.3) is 0 Å². The molecule has 0 N–H and O–H groups in total. The molecule has 0 bridgehead atoms. The molecule has 1 atom stereocenters. The molecule has 0 radical (unpaired) electrons. The molecule has 234 valence electrons. The summed E-state index contributed by atoms with van der Waals surface area (Å²) in [7, 11) is 0. The van der Waals surface area contributed by atoms with E-state index in [9.17, 15) is 35.9 Å². The SMILES string of the molecule is N#Cc1ccc(CC(=O)COc2cccc(C(=O)Cc3nc4c(s3)C[C@@H](N(CCC(F)(F)F)CCC(F)(F)F)CC4)c2)cc1. The number of fused-ring (bicyclic) bond motifs is 1. The summed E-state index contributed by atoms with van der Waals surface area (Å²) in [4.78, 5) is 32.0. The highest BCUT2D eigenvalue weighted by atomic mass is 32.1. The third kappa shape index (κ3) is 10.2. The summed E-state index contributed by atoms with van der Waals surface area (Å²) in [5.74, 6) is -0.101. The average Bonchev–Trinajstić information content (AvgIpc) is 3.37. The summed E-state index contributed by atoms with van der Waals surface area (Å²) in [6.07, 6.45) is -10.2. The summed E-state index contributed by atoms with van der Waals surface area (Å²) < 4.78 is 82.7. The number of Topliss-reactive ketones (excluding diaryl/α,β-unsaturated/α-hetero) is 2. The molecule has 3 aromatic rings. The maximum Gasteiger partial charge on any atom is 0.390 e. The number of ether oxygens (including phenoxy) is 1. The number of aryl methyl sites for hydroxylation is 1. The smallest absolute Gasteiger partial charge is 0.390 e. The van der Waals surface area contributed by atoms with Gasteiger partial charge in [-0.15, -0.1) is 11.3 Å². The van der Waals surface area contributed by atoms with E-state index in [1.807, 2.05) is 6.07 Å². The average molecular weight is 638 g/mol. The van der Waals surface area contributed by atoms with Gasteiger partial charge in [0.2, 0.25) is 0 Å². The number of alkyl halides is 6. The molecule has 0 aliphatic heterocycles. The fraction of sp³-hybridized carbons (Fsp3) is 0.419. The minimum absolute atomic E-state index is 0.0325. The fourth-order valence-electron chi connectivity index (χ4n) is 4.95. The van der Waals surface area contributed by atoms with Gasteiger partial charge in [-0.2, -0.15) is 31.6 Å². The molecule has 6 nitrogen and oxygen atoms in total. The number of carbonyl (C=O) groups excluding carboxylic acids is 2. The molecule has 0 spiro atoms. The Balaban J connectivity index is 1.33. The quantitative estimate of drug-likeness (QED) is 0.153. The number of aromatic nitrogens is 1. The lowest BCUT2D eigenvalue weighted by Crippen LogP contribution is -2.42. The molecule has 0 unspecified atom stereocenters. The van der Waals surface area contributed by atoms with E-state index in [-0.39, 0.29) is 37.4 Å². The number of nitriles is 1. The van der Waals surface area contributed by atoms with E-state index >= 15 is 0 Å². The molecule has 44 heavy (non-hydrogen) atoms. The van der Waals surface area contributed by atoms with Crippen molar-refractivity contribution in [3.8, 4) is 11.8 Å². The van der Waals surface area contributed by atoms with E-state index in [1.54, 1.807) is 42.5 Å². The van der Waals surface area contributed by atoms with Crippen molar-refractivity contribution in [1.29, 1.82) is 5.26 Å². The lowest BCUT2D eigenvalue weighted by molar-refractivity contribution is -0.148. The van der Waals surface area contributed by atoms with Crippen LogP contribution in [0, 0.1) is 11.3 Å². The Kier molecular flexibility index (Phi) is 10.8. The third-order valence-corrected chi connectivity index (χ3v) is 8.31. The predicted molar refractivity (Wildman–Crippen MR) is 151 cm³/mol. The zero-order valence-electron chi connectivity index (χ0n) is 23.5. The van der Waals surface area contributed by atoms with Gasteiger partial charge in [-0.3, -0.25) is 14.5 Å². The number of ketones is 2. The fourth-order valence-corrected chi connectivity index (χ4v) is 6.14. The van der Waals surface area contributed by atoms with Gasteiger partial charge >= 0.3 is 12.4 Å². The van der Waals surface area contributed by atoms with Gasteiger partial charge in [-0.05, 0) is 49.1 Å². The van der Waals surface area contributed by atoms with Crippen molar-refractivity contribution in [1.82, 2.24) is 9.88 Å². The van der Waals surface area contributed by atoms with Crippen molar-refractivity contribution in [2.45, 2.75) is 63.3 Å². The van der Waals surface area contributed by atoms with Crippen LogP contribution in [-0.2, 0) is 30.5 Å². The molecule has 1 heterocycles. The van der Waals surface area contributed by atoms with Crippen LogP contribution in [0.2, 0.25) is 0 Å². The molecule has 0 saturated heterocycles. The van der Waals surface area contributed by atoms with Gasteiger partial charge in [0, 0.05) is 36.0 Å². The highest BCUT2D eigenvalue weighted by Gasteiger charge is 2.35. The van der Waals surface area contributed by atoms with Crippen LogP contribution in [0.15, 0.2) is 48.5 Å². The molecule has 2 aromatic carbocycles. The molecular formula is C31H29F6N3O3S. The second kappa shape index (κ2) is 14.3. The van der Waals surface area contributed by atoms with E-state index < -0.39 is 44.3 Å². The number of halogens is 6. The largest absolute Gasteiger partial charge is 0.486 e. The number of thiazole rings is 1. The first-order chi connectivity index (χ1) is 20.8. The minimum atomic E-state index is -4.47. The number of nitrogens with zero attached hydrogens (tertiary/aromatic N) is 3. The first kappa shape index (κ1) is 33.1. The molecule has 13 heteroatoms. The zero-order valence-corrected chi connectivity index (χ0v) is 24.3. The lowest BCUT2D eigenvalue weighted by Gasteiger charge is -2.34. The predicted octanol–water partition coefficient (Wildman–Crippen LogP) is 6.69. The minimum Gasteiger partial charge on any atom is -0.486 e. The van der Waals surface area contributed by atoms with Crippen molar-refractivity contribution in [2.24, 2.45) is 0 Å². The Hall–Kier alpha value is -3.76. The van der Waals surface area contributed by atoms with Gasteiger partial charge in [0.15, 0.2) is 11.6 Å². The van der Waals surface area contributed by atoms with Crippen molar-refractivity contribution < 1.29 is 40.7 Å². The summed E-state index contributed by atoms with van der Waals surface area (Å²) in [6.45, 7) is -1.23. The van der Waals surface area contributed by atoms with Crippen molar-refractivity contribution in [3.05, 3.63) is 80.8 Å². The van der Waals surface area contributed by atoms with Gasteiger partial charge in [0.1, 0.15) is 17.4 Å². The zero-order chi connectivity index (χ0) is 31.9. The number of carbonyl (C=O) groups is 2. The normalized spacial score (nSPS) is 15.1. The third-order valence-electron chi connectivity index (χ3n) is 7.19. The highest BCUT2D eigenvalue weighted by Crippen LogP contribution is 2.32. The molecule has 4 rings (SSSR count). The van der Waals surface area contributed by atoms with Crippen LogP contribution in [0.3, 0.4) is 0 Å². The van der Waals surface area contributed by atoms with E-state index in [1.165, 1.54) is 22.3 Å². The van der Waals surface area contributed by atoms with Gasteiger partial charge in [0.25, 0.3) is 0 Å². The Morgan fingerprint density at radius 2 is 1.68 bits per heavy atom. The molecular weight excluding hydrogens is 608 g/mol. The van der Waals surface area contributed by atoms with Gasteiger partial charge in [-0.1, -0.05) is 24.3 Å². The molecule has 1 aliphatic carbocycles. The van der Waals surface area contributed by atoms with Gasteiger partial charge in [-0.25, -0.2) is 4.98 Å². The number of rotatable bonds is 13. The van der Waals surface area contributed by atoms with Crippen LogP contribution >= 0.6 is 11.3 Å². The van der Waals surface area contributed by atoms with Crippen molar-refractivity contribution in [2.75, 3.05) is 19.7 Å². The molecule has 1 aliphatic rings.